The van der Waals surface area contributed by atoms with Crippen LogP contribution in [0.5, 0.6) is 0 Å². The van der Waals surface area contributed by atoms with Crippen molar-refractivity contribution in [1.82, 2.24) is 10.2 Å². The molecule has 0 aromatic carbocycles. The first kappa shape index (κ1) is 12.9. The quantitative estimate of drug-likeness (QED) is 0.733. The summed E-state index contributed by atoms with van der Waals surface area (Å²) in [5.74, 6) is 0.661. The predicted octanol–water partition coefficient (Wildman–Crippen LogP) is 0.105. The highest BCUT2D eigenvalue weighted by Gasteiger charge is 2.25. The van der Waals surface area contributed by atoms with Crippen molar-refractivity contribution in [3.63, 3.8) is 0 Å². The monoisotopic (exact) mass is 234 g/mol. The second kappa shape index (κ2) is 5.82. The Hall–Kier alpha value is -0.130. The highest BCUT2D eigenvalue weighted by atomic mass is 32.2. The number of rotatable bonds is 5. The van der Waals surface area contributed by atoms with E-state index in [-0.39, 0.29) is 0 Å². The van der Waals surface area contributed by atoms with Crippen molar-refractivity contribution in [2.45, 2.75) is 25.8 Å². The molecule has 0 saturated carbocycles. The summed E-state index contributed by atoms with van der Waals surface area (Å²) in [6, 6.07) is 0.496. The van der Waals surface area contributed by atoms with E-state index in [1.165, 1.54) is 0 Å². The molecule has 1 heterocycles. The van der Waals surface area contributed by atoms with Crippen LogP contribution < -0.4 is 5.32 Å². The molecule has 1 N–H and O–H groups in total. The minimum absolute atomic E-state index is 0.330. The van der Waals surface area contributed by atoms with E-state index >= 15 is 0 Å². The van der Waals surface area contributed by atoms with Crippen molar-refractivity contribution < 1.29 is 8.42 Å². The second-order valence-electron chi connectivity index (χ2n) is 4.19. The van der Waals surface area contributed by atoms with Crippen molar-refractivity contribution in [2.24, 2.45) is 0 Å². The van der Waals surface area contributed by atoms with E-state index < -0.39 is 9.84 Å². The van der Waals surface area contributed by atoms with Crippen molar-refractivity contribution >= 4 is 9.84 Å². The molecule has 4 nitrogen and oxygen atoms in total. The van der Waals surface area contributed by atoms with Crippen LogP contribution in [0.25, 0.3) is 0 Å². The van der Waals surface area contributed by atoms with Gasteiger partial charge >= 0.3 is 0 Å². The average Bonchev–Trinajstić information content (AvgIpc) is 2.18. The Kier molecular flexibility index (Phi) is 5.02. The normalized spacial score (nSPS) is 23.9. The van der Waals surface area contributed by atoms with Crippen LogP contribution >= 0.6 is 0 Å². The van der Waals surface area contributed by atoms with Crippen LogP contribution in [0, 0.1) is 0 Å². The van der Waals surface area contributed by atoms with Crippen molar-refractivity contribution in [1.29, 1.82) is 0 Å². The molecule has 0 aromatic rings. The Balaban J connectivity index is 2.48. The standard InChI is InChI=1S/C10H22N2O2S/c1-3-4-10(9-11-2)12-5-7-15(13,14)8-6-12/h10-11H,3-9H2,1-2H3. The lowest BCUT2D eigenvalue weighted by Gasteiger charge is -2.34. The summed E-state index contributed by atoms with van der Waals surface area (Å²) < 4.78 is 22.6. The fourth-order valence-corrected chi connectivity index (χ4v) is 3.30. The van der Waals surface area contributed by atoms with Gasteiger partial charge in [-0.1, -0.05) is 13.3 Å². The highest BCUT2D eigenvalue weighted by Crippen LogP contribution is 2.11. The summed E-state index contributed by atoms with van der Waals surface area (Å²) in [4.78, 5) is 2.31. The molecule has 1 atom stereocenters. The summed E-state index contributed by atoms with van der Waals surface area (Å²) in [5.41, 5.74) is 0. The molecule has 0 aliphatic carbocycles. The van der Waals surface area contributed by atoms with Gasteiger partial charge in [0.15, 0.2) is 9.84 Å². The van der Waals surface area contributed by atoms with Crippen LogP contribution in [-0.2, 0) is 9.84 Å². The van der Waals surface area contributed by atoms with Crippen LogP contribution in [0.3, 0.4) is 0 Å². The summed E-state index contributed by atoms with van der Waals surface area (Å²) >= 11 is 0. The van der Waals surface area contributed by atoms with Gasteiger partial charge in [0.1, 0.15) is 0 Å². The molecule has 0 bridgehead atoms. The van der Waals surface area contributed by atoms with Gasteiger partial charge < -0.3 is 5.32 Å². The largest absolute Gasteiger partial charge is 0.318 e. The lowest BCUT2D eigenvalue weighted by Crippen LogP contribution is -2.49. The number of nitrogens with one attached hydrogen (secondary N) is 1. The minimum Gasteiger partial charge on any atom is -0.318 e. The maximum atomic E-state index is 11.3. The van der Waals surface area contributed by atoms with E-state index in [4.69, 9.17) is 0 Å². The van der Waals surface area contributed by atoms with E-state index in [2.05, 4.69) is 17.1 Å². The SMILES string of the molecule is CCCC(CNC)N1CCS(=O)(=O)CC1. The summed E-state index contributed by atoms with van der Waals surface area (Å²) in [5, 5.41) is 3.18. The van der Waals surface area contributed by atoms with Crippen molar-refractivity contribution in [2.75, 3.05) is 38.2 Å². The zero-order valence-electron chi connectivity index (χ0n) is 9.70. The molecule has 1 aliphatic heterocycles. The average molecular weight is 234 g/mol. The van der Waals surface area contributed by atoms with Crippen LogP contribution in [0.15, 0.2) is 0 Å². The molecule has 1 aliphatic rings. The van der Waals surface area contributed by atoms with Gasteiger partial charge in [-0.2, -0.15) is 0 Å². The molecule has 0 radical (unpaired) electrons. The van der Waals surface area contributed by atoms with Crippen molar-refractivity contribution in [3.8, 4) is 0 Å². The third-order valence-corrected chi connectivity index (χ3v) is 4.57. The molecule has 90 valence electrons. The molecule has 0 aromatic heterocycles. The molecule has 1 unspecified atom stereocenters. The van der Waals surface area contributed by atoms with Gasteiger partial charge in [0, 0.05) is 25.7 Å². The van der Waals surface area contributed by atoms with Gasteiger partial charge in [0.05, 0.1) is 11.5 Å². The summed E-state index contributed by atoms with van der Waals surface area (Å²) in [6.07, 6.45) is 2.29. The molecule has 5 heteroatoms. The molecule has 1 rings (SSSR count). The highest BCUT2D eigenvalue weighted by molar-refractivity contribution is 7.91. The van der Waals surface area contributed by atoms with Gasteiger partial charge in [-0.15, -0.1) is 0 Å². The van der Waals surface area contributed by atoms with E-state index in [1.807, 2.05) is 7.05 Å². The van der Waals surface area contributed by atoms with Crippen LogP contribution in [0.1, 0.15) is 19.8 Å². The first-order valence-corrected chi connectivity index (χ1v) is 7.50. The Morgan fingerprint density at radius 3 is 2.40 bits per heavy atom. The number of nitrogens with zero attached hydrogens (tertiary/aromatic N) is 1. The van der Waals surface area contributed by atoms with Crippen LogP contribution in [0.2, 0.25) is 0 Å². The molecular weight excluding hydrogens is 212 g/mol. The smallest absolute Gasteiger partial charge is 0.152 e. The zero-order chi connectivity index (χ0) is 11.3. The van der Waals surface area contributed by atoms with Crippen LogP contribution in [-0.4, -0.2) is 57.5 Å². The zero-order valence-corrected chi connectivity index (χ0v) is 10.5. The van der Waals surface area contributed by atoms with E-state index in [1.54, 1.807) is 0 Å². The topological polar surface area (TPSA) is 49.4 Å². The first-order chi connectivity index (χ1) is 7.09. The molecule has 1 saturated heterocycles. The maximum Gasteiger partial charge on any atom is 0.152 e. The lowest BCUT2D eigenvalue weighted by atomic mass is 10.1. The molecule has 0 amide bonds. The van der Waals surface area contributed by atoms with E-state index in [9.17, 15) is 8.42 Å². The fraction of sp³-hybridized carbons (Fsp3) is 1.00. The van der Waals surface area contributed by atoms with Crippen molar-refractivity contribution in [3.05, 3.63) is 0 Å². The Morgan fingerprint density at radius 2 is 1.93 bits per heavy atom. The van der Waals surface area contributed by atoms with Crippen LogP contribution in [0.4, 0.5) is 0 Å². The van der Waals surface area contributed by atoms with Gasteiger partial charge in [0.25, 0.3) is 0 Å². The Bertz CT molecular complexity index is 257. The Labute approximate surface area is 93.0 Å². The fourth-order valence-electron chi connectivity index (χ4n) is 2.07. The number of likely N-dealkylation sites (N-methyl/N-ethyl adjacent to an activating group) is 1. The van der Waals surface area contributed by atoms with Gasteiger partial charge in [-0.05, 0) is 13.5 Å². The predicted molar refractivity (Wildman–Crippen MR) is 62.8 cm³/mol. The molecular formula is C10H22N2O2S. The lowest BCUT2D eigenvalue weighted by molar-refractivity contribution is 0.198. The number of sulfone groups is 1. The van der Waals surface area contributed by atoms with Gasteiger partial charge in [-0.3, -0.25) is 4.90 Å². The first-order valence-electron chi connectivity index (χ1n) is 5.68. The van der Waals surface area contributed by atoms with Gasteiger partial charge in [-0.25, -0.2) is 8.42 Å². The van der Waals surface area contributed by atoms with E-state index in [0.29, 0.717) is 30.6 Å². The molecule has 15 heavy (non-hydrogen) atoms. The maximum absolute atomic E-state index is 11.3. The molecule has 0 spiro atoms. The molecule has 1 fully saturated rings. The van der Waals surface area contributed by atoms with E-state index in [0.717, 1.165) is 19.4 Å². The second-order valence-corrected chi connectivity index (χ2v) is 6.49. The third-order valence-electron chi connectivity index (χ3n) is 2.96. The van der Waals surface area contributed by atoms with Gasteiger partial charge in [0.2, 0.25) is 0 Å². The summed E-state index contributed by atoms with van der Waals surface area (Å²) in [6.45, 7) is 4.53. The Morgan fingerprint density at radius 1 is 1.33 bits per heavy atom. The third kappa shape index (κ3) is 4.09. The minimum atomic E-state index is -2.74. The number of hydrogen-bond acceptors (Lipinski definition) is 4. The summed E-state index contributed by atoms with van der Waals surface area (Å²) in [7, 11) is -0.793. The number of hydrogen-bond donors (Lipinski definition) is 1.